The molecule has 1 N–H and O–H groups in total. The minimum Gasteiger partial charge on any atom is -0.496 e. The van der Waals surface area contributed by atoms with E-state index in [-0.39, 0.29) is 5.91 Å². The van der Waals surface area contributed by atoms with Crippen LogP contribution in [-0.2, 0) is 11.2 Å². The van der Waals surface area contributed by atoms with Crippen molar-refractivity contribution >= 4 is 5.91 Å². The van der Waals surface area contributed by atoms with Crippen molar-refractivity contribution in [2.45, 2.75) is 63.5 Å². The topological polar surface area (TPSA) is 41.6 Å². The van der Waals surface area contributed by atoms with Crippen molar-refractivity contribution in [1.82, 2.24) is 10.2 Å². The lowest BCUT2D eigenvalue weighted by molar-refractivity contribution is -0.122. The number of carbonyl (C=O) groups excluding carboxylic acids is 1. The number of carbonyl (C=O) groups is 1. The average molecular weight is 330 g/mol. The van der Waals surface area contributed by atoms with Crippen LogP contribution in [0.25, 0.3) is 0 Å². The third kappa shape index (κ3) is 4.50. The highest BCUT2D eigenvalue weighted by molar-refractivity contribution is 5.76. The van der Waals surface area contributed by atoms with Crippen LogP contribution in [0.4, 0.5) is 0 Å². The van der Waals surface area contributed by atoms with E-state index in [1.54, 1.807) is 7.11 Å². The number of nitrogens with one attached hydrogen (secondary N) is 1. The first-order valence-electron chi connectivity index (χ1n) is 9.41. The molecule has 132 valence electrons. The number of methoxy groups -OCH3 is 1. The fourth-order valence-electron chi connectivity index (χ4n) is 4.14. The molecule has 1 heterocycles. The minimum atomic E-state index is 0.167. The van der Waals surface area contributed by atoms with Crippen LogP contribution in [0.1, 0.15) is 50.5 Å². The number of ether oxygens (including phenoxy) is 1. The van der Waals surface area contributed by atoms with Gasteiger partial charge in [-0.3, -0.25) is 4.79 Å². The van der Waals surface area contributed by atoms with E-state index in [4.69, 9.17) is 4.74 Å². The van der Waals surface area contributed by atoms with Crippen molar-refractivity contribution in [1.29, 1.82) is 0 Å². The smallest absolute Gasteiger partial charge is 0.220 e. The highest BCUT2D eigenvalue weighted by Crippen LogP contribution is 2.26. The molecule has 2 aliphatic rings. The summed E-state index contributed by atoms with van der Waals surface area (Å²) in [5, 5.41) is 3.23. The van der Waals surface area contributed by atoms with E-state index in [0.717, 1.165) is 49.7 Å². The molecule has 0 radical (unpaired) electrons. The third-order valence-electron chi connectivity index (χ3n) is 5.55. The van der Waals surface area contributed by atoms with Crippen molar-refractivity contribution < 1.29 is 9.53 Å². The molecule has 1 aromatic rings. The number of hydrogen-bond donors (Lipinski definition) is 1. The number of piperidine rings is 1. The standard InChI is InChI=1S/C20H30N2O2/c1-24-19-9-5-2-6-16(19)10-11-20(23)21-17-12-14-22(15-13-17)18-7-3-4-8-18/h2,5-6,9,17-18H,3-4,7-8,10-15H2,1H3,(H,21,23). The Balaban J connectivity index is 1.39. The Labute approximate surface area is 145 Å². The summed E-state index contributed by atoms with van der Waals surface area (Å²) in [5.74, 6) is 1.04. The molecule has 1 amide bonds. The fourth-order valence-corrected chi connectivity index (χ4v) is 4.14. The molecule has 0 spiro atoms. The largest absolute Gasteiger partial charge is 0.496 e. The van der Waals surface area contributed by atoms with Crippen LogP contribution in [0.15, 0.2) is 24.3 Å². The number of nitrogens with zero attached hydrogens (tertiary/aromatic N) is 1. The van der Waals surface area contributed by atoms with Crippen LogP contribution in [0.3, 0.4) is 0 Å². The number of aryl methyl sites for hydroxylation is 1. The van der Waals surface area contributed by atoms with Crippen molar-refractivity contribution in [2.24, 2.45) is 0 Å². The second-order valence-corrected chi connectivity index (χ2v) is 7.13. The van der Waals surface area contributed by atoms with Gasteiger partial charge in [0.2, 0.25) is 5.91 Å². The molecule has 1 aromatic carbocycles. The highest BCUT2D eigenvalue weighted by atomic mass is 16.5. The normalized spacial score (nSPS) is 20.2. The zero-order valence-corrected chi connectivity index (χ0v) is 14.8. The molecule has 1 saturated carbocycles. The Morgan fingerprint density at radius 2 is 1.88 bits per heavy atom. The van der Waals surface area contributed by atoms with Crippen LogP contribution >= 0.6 is 0 Å². The van der Waals surface area contributed by atoms with Gasteiger partial charge in [0.15, 0.2) is 0 Å². The van der Waals surface area contributed by atoms with Gasteiger partial charge >= 0.3 is 0 Å². The zero-order chi connectivity index (χ0) is 16.8. The number of rotatable bonds is 6. The van der Waals surface area contributed by atoms with Crippen molar-refractivity contribution in [3.8, 4) is 5.75 Å². The van der Waals surface area contributed by atoms with E-state index >= 15 is 0 Å². The SMILES string of the molecule is COc1ccccc1CCC(=O)NC1CCN(C2CCCC2)CC1. The quantitative estimate of drug-likeness (QED) is 0.871. The number of para-hydroxylation sites is 1. The van der Waals surface area contributed by atoms with E-state index in [1.807, 2.05) is 24.3 Å². The Hall–Kier alpha value is -1.55. The van der Waals surface area contributed by atoms with Crippen LogP contribution in [0, 0.1) is 0 Å². The van der Waals surface area contributed by atoms with Crippen molar-refractivity contribution in [2.75, 3.05) is 20.2 Å². The highest BCUT2D eigenvalue weighted by Gasteiger charge is 2.27. The first-order chi connectivity index (χ1) is 11.8. The molecule has 3 rings (SSSR count). The van der Waals surface area contributed by atoms with E-state index in [9.17, 15) is 4.79 Å². The van der Waals surface area contributed by atoms with Crippen LogP contribution in [0.2, 0.25) is 0 Å². The second kappa shape index (κ2) is 8.52. The molecule has 1 aliphatic carbocycles. The predicted molar refractivity (Wildman–Crippen MR) is 96.3 cm³/mol. The zero-order valence-electron chi connectivity index (χ0n) is 14.8. The summed E-state index contributed by atoms with van der Waals surface area (Å²) in [6.45, 7) is 2.28. The Morgan fingerprint density at radius 3 is 2.58 bits per heavy atom. The van der Waals surface area contributed by atoms with Crippen molar-refractivity contribution in [3.05, 3.63) is 29.8 Å². The molecular weight excluding hydrogens is 300 g/mol. The van der Waals surface area contributed by atoms with Gasteiger partial charge in [0.05, 0.1) is 7.11 Å². The Bertz CT molecular complexity index is 532. The summed E-state index contributed by atoms with van der Waals surface area (Å²) in [6.07, 6.45) is 8.98. The molecule has 1 aliphatic heterocycles. The Kier molecular flexibility index (Phi) is 6.13. The maximum absolute atomic E-state index is 12.3. The monoisotopic (exact) mass is 330 g/mol. The molecule has 4 nitrogen and oxygen atoms in total. The molecule has 1 saturated heterocycles. The van der Waals surface area contributed by atoms with E-state index in [1.165, 1.54) is 25.7 Å². The van der Waals surface area contributed by atoms with Gasteiger partial charge in [-0.25, -0.2) is 0 Å². The van der Waals surface area contributed by atoms with Gasteiger partial charge in [0.1, 0.15) is 5.75 Å². The molecule has 0 atom stereocenters. The summed E-state index contributed by atoms with van der Waals surface area (Å²) in [5.41, 5.74) is 1.10. The first-order valence-corrected chi connectivity index (χ1v) is 9.41. The summed E-state index contributed by atoms with van der Waals surface area (Å²) in [7, 11) is 1.68. The number of benzene rings is 1. The minimum absolute atomic E-state index is 0.167. The third-order valence-corrected chi connectivity index (χ3v) is 5.55. The summed E-state index contributed by atoms with van der Waals surface area (Å²) in [6, 6.07) is 9.10. The lowest BCUT2D eigenvalue weighted by atomic mass is 10.0. The summed E-state index contributed by atoms with van der Waals surface area (Å²) >= 11 is 0. The molecule has 0 aromatic heterocycles. The van der Waals surface area contributed by atoms with Gasteiger partial charge in [-0.05, 0) is 43.7 Å². The second-order valence-electron chi connectivity index (χ2n) is 7.13. The number of amides is 1. The van der Waals surface area contributed by atoms with E-state index in [2.05, 4.69) is 10.2 Å². The van der Waals surface area contributed by atoms with Crippen LogP contribution in [0.5, 0.6) is 5.75 Å². The molecule has 4 heteroatoms. The average Bonchev–Trinajstić information content (AvgIpc) is 3.15. The molecule has 0 unspecified atom stereocenters. The predicted octanol–water partition coefficient (Wildman–Crippen LogP) is 3.15. The molecule has 2 fully saturated rings. The molecule has 0 bridgehead atoms. The van der Waals surface area contributed by atoms with Gasteiger partial charge in [-0.15, -0.1) is 0 Å². The maximum Gasteiger partial charge on any atom is 0.220 e. The van der Waals surface area contributed by atoms with Crippen LogP contribution < -0.4 is 10.1 Å². The van der Waals surface area contributed by atoms with E-state index < -0.39 is 0 Å². The lowest BCUT2D eigenvalue weighted by Crippen LogP contribution is -2.47. The van der Waals surface area contributed by atoms with Gasteiger partial charge in [0.25, 0.3) is 0 Å². The molecular formula is C20H30N2O2. The Morgan fingerprint density at radius 1 is 1.17 bits per heavy atom. The first kappa shape index (κ1) is 17.3. The van der Waals surface area contributed by atoms with Crippen molar-refractivity contribution in [3.63, 3.8) is 0 Å². The van der Waals surface area contributed by atoms with E-state index in [0.29, 0.717) is 12.5 Å². The molecule has 24 heavy (non-hydrogen) atoms. The number of hydrogen-bond acceptors (Lipinski definition) is 3. The lowest BCUT2D eigenvalue weighted by Gasteiger charge is -2.36. The summed E-state index contributed by atoms with van der Waals surface area (Å²) in [4.78, 5) is 14.9. The van der Waals surface area contributed by atoms with Gasteiger partial charge < -0.3 is 15.0 Å². The van der Waals surface area contributed by atoms with Gasteiger partial charge in [-0.1, -0.05) is 31.0 Å². The fraction of sp³-hybridized carbons (Fsp3) is 0.650. The van der Waals surface area contributed by atoms with Gasteiger partial charge in [-0.2, -0.15) is 0 Å². The summed E-state index contributed by atoms with van der Waals surface area (Å²) < 4.78 is 5.35. The number of likely N-dealkylation sites (tertiary alicyclic amines) is 1. The van der Waals surface area contributed by atoms with Crippen LogP contribution in [-0.4, -0.2) is 43.1 Å². The maximum atomic E-state index is 12.3. The van der Waals surface area contributed by atoms with Gasteiger partial charge in [0, 0.05) is 31.6 Å².